The highest BCUT2D eigenvalue weighted by Gasteiger charge is 2.22. The summed E-state index contributed by atoms with van der Waals surface area (Å²) >= 11 is 6.79. The van der Waals surface area contributed by atoms with Crippen molar-refractivity contribution in [3.63, 3.8) is 0 Å². The molecule has 7 heteroatoms. The largest absolute Gasteiger partial charge is 0.371 e. The molecule has 0 N–H and O–H groups in total. The predicted octanol–water partition coefficient (Wildman–Crippen LogP) is 3.60. The molecule has 3 rings (SSSR count). The maximum Gasteiger partial charge on any atom is 0.174 e. The van der Waals surface area contributed by atoms with Crippen molar-refractivity contribution in [1.82, 2.24) is 15.1 Å². The maximum absolute atomic E-state index is 5.90. The van der Waals surface area contributed by atoms with Gasteiger partial charge in [-0.25, -0.2) is 0 Å². The maximum atomic E-state index is 5.90. The van der Waals surface area contributed by atoms with Crippen LogP contribution in [0.15, 0.2) is 33.1 Å². The molecule has 4 nitrogen and oxygen atoms in total. The number of rotatable bonds is 4. The van der Waals surface area contributed by atoms with Crippen LogP contribution >= 0.6 is 39.0 Å². The van der Waals surface area contributed by atoms with Gasteiger partial charge >= 0.3 is 0 Å². The Morgan fingerprint density at radius 2 is 2.19 bits per heavy atom. The average molecular weight is 386 g/mol. The predicted molar refractivity (Wildman–Crippen MR) is 89.8 cm³/mol. The minimum Gasteiger partial charge on any atom is -0.371 e. The molecule has 1 fully saturated rings. The van der Waals surface area contributed by atoms with Crippen molar-refractivity contribution < 1.29 is 4.74 Å². The summed E-state index contributed by atoms with van der Waals surface area (Å²) < 4.78 is 8.03. The summed E-state index contributed by atoms with van der Waals surface area (Å²) in [5.74, 6) is 0. The normalized spacial score (nSPS) is 19.8. The van der Waals surface area contributed by atoms with Gasteiger partial charge in [-0.15, -0.1) is 10.2 Å². The van der Waals surface area contributed by atoms with Crippen LogP contribution in [0.1, 0.15) is 16.7 Å². The van der Waals surface area contributed by atoms with Gasteiger partial charge in [-0.05, 0) is 24.0 Å². The first kappa shape index (κ1) is 15.4. The number of morpholine rings is 1. The second-order valence-corrected chi connectivity index (χ2v) is 7.84. The fourth-order valence-corrected chi connectivity index (χ4v) is 3.92. The summed E-state index contributed by atoms with van der Waals surface area (Å²) in [6.07, 6.45) is 2.17. The fraction of sp³-hybridized carbons (Fsp3) is 0.429. The van der Waals surface area contributed by atoms with Crippen molar-refractivity contribution in [1.29, 1.82) is 0 Å². The van der Waals surface area contributed by atoms with E-state index in [-0.39, 0.29) is 6.10 Å². The number of nitrogens with zero attached hydrogens (tertiary/aromatic N) is 3. The minimum absolute atomic E-state index is 0.139. The van der Waals surface area contributed by atoms with Crippen LogP contribution in [-0.4, -0.2) is 41.0 Å². The van der Waals surface area contributed by atoms with Crippen LogP contribution in [0.3, 0.4) is 0 Å². The van der Waals surface area contributed by atoms with Gasteiger partial charge in [0.15, 0.2) is 4.34 Å². The third-order valence-electron chi connectivity index (χ3n) is 3.37. The molecule has 1 unspecified atom stereocenters. The van der Waals surface area contributed by atoms with Gasteiger partial charge in [-0.2, -0.15) is 0 Å². The van der Waals surface area contributed by atoms with Gasteiger partial charge in [0, 0.05) is 17.6 Å². The van der Waals surface area contributed by atoms with Gasteiger partial charge in [0.25, 0.3) is 0 Å². The SMILES string of the molecule is CSc1nnc(CN2CCOC(c3ccc(Br)cc3)C2)s1. The molecule has 1 aliphatic rings. The van der Waals surface area contributed by atoms with Crippen LogP contribution in [0.4, 0.5) is 0 Å². The quantitative estimate of drug-likeness (QED) is 0.751. The number of aromatic nitrogens is 2. The molecule has 0 bridgehead atoms. The number of hydrogen-bond acceptors (Lipinski definition) is 6. The van der Waals surface area contributed by atoms with Crippen LogP contribution in [0, 0.1) is 0 Å². The summed E-state index contributed by atoms with van der Waals surface area (Å²) in [6, 6.07) is 8.37. The number of benzene rings is 1. The highest BCUT2D eigenvalue weighted by atomic mass is 79.9. The van der Waals surface area contributed by atoms with Crippen molar-refractivity contribution >= 4 is 39.0 Å². The molecule has 0 spiro atoms. The summed E-state index contributed by atoms with van der Waals surface area (Å²) in [6.45, 7) is 3.46. The van der Waals surface area contributed by atoms with Crippen molar-refractivity contribution in [2.24, 2.45) is 0 Å². The molecule has 0 amide bonds. The van der Waals surface area contributed by atoms with Crippen molar-refractivity contribution in [3.05, 3.63) is 39.3 Å². The van der Waals surface area contributed by atoms with Crippen LogP contribution in [0.5, 0.6) is 0 Å². The van der Waals surface area contributed by atoms with Gasteiger partial charge < -0.3 is 4.74 Å². The molecule has 1 aliphatic heterocycles. The lowest BCUT2D eigenvalue weighted by Gasteiger charge is -2.32. The van der Waals surface area contributed by atoms with E-state index in [9.17, 15) is 0 Å². The van der Waals surface area contributed by atoms with E-state index in [0.29, 0.717) is 0 Å². The van der Waals surface area contributed by atoms with Gasteiger partial charge in [-0.3, -0.25) is 4.90 Å². The second kappa shape index (κ2) is 7.19. The van der Waals surface area contributed by atoms with Crippen LogP contribution in [0.2, 0.25) is 0 Å². The van der Waals surface area contributed by atoms with Crippen molar-refractivity contribution in [2.45, 2.75) is 17.0 Å². The molecule has 1 saturated heterocycles. The van der Waals surface area contributed by atoms with Crippen molar-refractivity contribution in [3.8, 4) is 0 Å². The van der Waals surface area contributed by atoms with Crippen molar-refractivity contribution in [2.75, 3.05) is 26.0 Å². The van der Waals surface area contributed by atoms with Crippen LogP contribution in [0.25, 0.3) is 0 Å². The van der Waals surface area contributed by atoms with E-state index in [1.165, 1.54) is 5.56 Å². The second-order valence-electron chi connectivity index (χ2n) is 4.81. The topological polar surface area (TPSA) is 38.2 Å². The van der Waals surface area contributed by atoms with Gasteiger partial charge in [-0.1, -0.05) is 51.2 Å². The molecule has 0 saturated carbocycles. The van der Waals surface area contributed by atoms with Gasteiger partial charge in [0.05, 0.1) is 19.3 Å². The Hall–Kier alpha value is -0.470. The Balaban J connectivity index is 1.63. The number of hydrogen-bond donors (Lipinski definition) is 0. The Morgan fingerprint density at radius 1 is 1.38 bits per heavy atom. The Labute approximate surface area is 141 Å². The zero-order chi connectivity index (χ0) is 14.7. The number of thioether (sulfide) groups is 1. The molecule has 1 aromatic carbocycles. The molecule has 1 aromatic heterocycles. The van der Waals surface area contributed by atoms with Crippen LogP contribution in [-0.2, 0) is 11.3 Å². The Kier molecular flexibility index (Phi) is 5.29. The molecular weight excluding hydrogens is 370 g/mol. The molecule has 2 heterocycles. The third kappa shape index (κ3) is 4.04. The monoisotopic (exact) mass is 385 g/mol. The van der Waals surface area contributed by atoms with E-state index in [2.05, 4.69) is 55.3 Å². The first-order valence-corrected chi connectivity index (χ1v) is 9.54. The van der Waals surface area contributed by atoms with E-state index < -0.39 is 0 Å². The summed E-state index contributed by atoms with van der Waals surface area (Å²) in [4.78, 5) is 2.39. The standard InChI is InChI=1S/C14H16BrN3OS2/c1-20-14-17-16-13(21-14)9-18-6-7-19-12(8-18)10-2-4-11(15)5-3-10/h2-5,12H,6-9H2,1H3. The molecule has 0 aliphatic carbocycles. The highest BCUT2D eigenvalue weighted by molar-refractivity contribution is 9.10. The molecule has 2 aromatic rings. The Morgan fingerprint density at radius 3 is 2.90 bits per heavy atom. The molecule has 112 valence electrons. The lowest BCUT2D eigenvalue weighted by atomic mass is 10.1. The average Bonchev–Trinajstić information content (AvgIpc) is 2.96. The summed E-state index contributed by atoms with van der Waals surface area (Å²) in [5.41, 5.74) is 1.23. The first-order chi connectivity index (χ1) is 10.2. The van der Waals surface area contributed by atoms with Gasteiger partial charge in [0.2, 0.25) is 0 Å². The molecule has 0 radical (unpaired) electrons. The first-order valence-electron chi connectivity index (χ1n) is 6.70. The summed E-state index contributed by atoms with van der Waals surface area (Å²) in [7, 11) is 0. The summed E-state index contributed by atoms with van der Waals surface area (Å²) in [5, 5.41) is 9.48. The van der Waals surface area contributed by atoms with E-state index in [4.69, 9.17) is 4.74 Å². The van der Waals surface area contributed by atoms with E-state index in [1.54, 1.807) is 23.1 Å². The lowest BCUT2D eigenvalue weighted by Crippen LogP contribution is -2.37. The van der Waals surface area contributed by atoms with E-state index in [0.717, 1.165) is 40.1 Å². The van der Waals surface area contributed by atoms with Crippen LogP contribution < -0.4 is 0 Å². The smallest absolute Gasteiger partial charge is 0.174 e. The minimum atomic E-state index is 0.139. The lowest BCUT2D eigenvalue weighted by molar-refractivity contribution is -0.0330. The zero-order valence-corrected chi connectivity index (χ0v) is 14.9. The fourth-order valence-electron chi connectivity index (χ4n) is 2.30. The van der Waals surface area contributed by atoms with Gasteiger partial charge in [0.1, 0.15) is 5.01 Å². The highest BCUT2D eigenvalue weighted by Crippen LogP contribution is 2.26. The number of ether oxygens (including phenoxy) is 1. The molecule has 1 atom stereocenters. The van der Waals surface area contributed by atoms with E-state index >= 15 is 0 Å². The Bertz CT molecular complexity index is 590. The number of halogens is 1. The zero-order valence-electron chi connectivity index (χ0n) is 11.7. The molecule has 21 heavy (non-hydrogen) atoms. The molecular formula is C14H16BrN3OS2. The third-order valence-corrected chi connectivity index (χ3v) is 5.79. The van der Waals surface area contributed by atoms with E-state index in [1.807, 2.05) is 6.26 Å².